The first-order chi connectivity index (χ1) is 11.1. The van der Waals surface area contributed by atoms with Crippen molar-refractivity contribution in [2.75, 3.05) is 6.61 Å². The second kappa shape index (κ2) is 6.94. The molecule has 1 N–H and O–H groups in total. The number of nitrogens with zero attached hydrogens (tertiary/aromatic N) is 2. The molecule has 0 atom stereocenters. The van der Waals surface area contributed by atoms with Crippen molar-refractivity contribution in [2.45, 2.75) is 39.5 Å². The highest BCUT2D eigenvalue weighted by Gasteiger charge is 2.21. The largest absolute Gasteiger partial charge is 0.477 e. The van der Waals surface area contributed by atoms with E-state index in [0.29, 0.717) is 24.8 Å². The number of nitrogens with one attached hydrogen (secondary N) is 1. The van der Waals surface area contributed by atoms with Crippen LogP contribution in [0.4, 0.5) is 0 Å². The number of allylic oxidation sites excluding steroid dienone is 1. The molecule has 2 aromatic heterocycles. The minimum atomic E-state index is 0.174. The fourth-order valence-electron chi connectivity index (χ4n) is 2.46. The lowest BCUT2D eigenvalue weighted by Crippen LogP contribution is -2.06. The molecule has 1 saturated carbocycles. The predicted molar refractivity (Wildman–Crippen MR) is 90.2 cm³/mol. The maximum Gasteiger partial charge on any atom is 0.226 e. The monoisotopic (exact) mass is 313 g/mol. The van der Waals surface area contributed by atoms with Crippen molar-refractivity contribution in [3.05, 3.63) is 24.2 Å². The van der Waals surface area contributed by atoms with E-state index >= 15 is 0 Å². The molecule has 5 heteroatoms. The molecule has 2 aromatic rings. The van der Waals surface area contributed by atoms with Crippen LogP contribution in [-0.4, -0.2) is 27.3 Å². The zero-order chi connectivity index (χ0) is 16.2. The Bertz CT molecular complexity index is 714. The number of aromatic nitrogens is 3. The fourth-order valence-corrected chi connectivity index (χ4v) is 2.46. The molecule has 3 rings (SSSR count). The highest BCUT2D eigenvalue weighted by atomic mass is 16.5. The van der Waals surface area contributed by atoms with E-state index < -0.39 is 0 Å². The first-order valence-corrected chi connectivity index (χ1v) is 8.29. The summed E-state index contributed by atoms with van der Waals surface area (Å²) >= 11 is 0. The number of carbonyl (C=O) groups is 1. The van der Waals surface area contributed by atoms with Crippen molar-refractivity contribution in [3.8, 4) is 5.88 Å². The molecule has 1 aliphatic carbocycles. The Labute approximate surface area is 136 Å². The SMILES string of the molecule is CC(C)COc1ncnc2[nH]cc(/C=C/C(=O)CCC3CC3)c12. The first-order valence-electron chi connectivity index (χ1n) is 8.29. The minimum absolute atomic E-state index is 0.174. The number of ether oxygens (including phenoxy) is 1. The van der Waals surface area contributed by atoms with Gasteiger partial charge in [0.25, 0.3) is 0 Å². The third-order valence-electron chi connectivity index (χ3n) is 3.96. The van der Waals surface area contributed by atoms with Gasteiger partial charge in [0.15, 0.2) is 5.78 Å². The third kappa shape index (κ3) is 4.18. The van der Waals surface area contributed by atoms with Crippen LogP contribution in [0.25, 0.3) is 17.1 Å². The van der Waals surface area contributed by atoms with Crippen LogP contribution in [0, 0.1) is 11.8 Å². The van der Waals surface area contributed by atoms with Crippen LogP contribution < -0.4 is 4.74 Å². The summed E-state index contributed by atoms with van der Waals surface area (Å²) in [7, 11) is 0. The minimum Gasteiger partial charge on any atom is -0.477 e. The van der Waals surface area contributed by atoms with Gasteiger partial charge in [-0.3, -0.25) is 4.79 Å². The van der Waals surface area contributed by atoms with Crippen LogP contribution >= 0.6 is 0 Å². The summed E-state index contributed by atoms with van der Waals surface area (Å²) in [5.74, 6) is 1.94. The second-order valence-corrected chi connectivity index (χ2v) is 6.63. The summed E-state index contributed by atoms with van der Waals surface area (Å²) < 4.78 is 5.78. The van der Waals surface area contributed by atoms with E-state index in [0.717, 1.165) is 28.9 Å². The van der Waals surface area contributed by atoms with E-state index in [1.165, 1.54) is 19.2 Å². The van der Waals surface area contributed by atoms with Crippen LogP contribution in [-0.2, 0) is 4.79 Å². The molecule has 5 nitrogen and oxygen atoms in total. The topological polar surface area (TPSA) is 67.9 Å². The molecule has 0 aromatic carbocycles. The highest BCUT2D eigenvalue weighted by molar-refractivity contribution is 5.97. The van der Waals surface area contributed by atoms with Gasteiger partial charge in [-0.05, 0) is 30.4 Å². The standard InChI is InChI=1S/C18H23N3O2/c1-12(2)10-23-18-16-14(9-19-17(16)20-11-21-18)6-8-15(22)7-5-13-3-4-13/h6,8-9,11-13H,3-5,7,10H2,1-2H3,(H,19,20,21)/b8-6+. The number of rotatable bonds is 8. The van der Waals surface area contributed by atoms with E-state index in [1.54, 1.807) is 6.08 Å². The normalized spacial score (nSPS) is 14.9. The summed E-state index contributed by atoms with van der Waals surface area (Å²) in [6.45, 7) is 4.78. The molecular formula is C18H23N3O2. The van der Waals surface area contributed by atoms with E-state index in [1.807, 2.05) is 12.3 Å². The van der Waals surface area contributed by atoms with Gasteiger partial charge in [-0.2, -0.15) is 0 Å². The van der Waals surface area contributed by atoms with Gasteiger partial charge in [-0.15, -0.1) is 0 Å². The van der Waals surface area contributed by atoms with Crippen molar-refractivity contribution >= 4 is 22.9 Å². The van der Waals surface area contributed by atoms with Crippen LogP contribution in [0.5, 0.6) is 5.88 Å². The average molecular weight is 313 g/mol. The molecule has 0 unspecified atom stereocenters. The summed E-state index contributed by atoms with van der Waals surface area (Å²) in [6.07, 6.45) is 11.0. The molecule has 0 spiro atoms. The van der Waals surface area contributed by atoms with Crippen molar-refractivity contribution in [3.63, 3.8) is 0 Å². The Morgan fingerprint density at radius 2 is 2.26 bits per heavy atom. The Morgan fingerprint density at radius 3 is 3.00 bits per heavy atom. The van der Waals surface area contributed by atoms with Gasteiger partial charge in [0, 0.05) is 18.2 Å². The van der Waals surface area contributed by atoms with Crippen LogP contribution in [0.1, 0.15) is 45.1 Å². The van der Waals surface area contributed by atoms with Gasteiger partial charge in [0.2, 0.25) is 5.88 Å². The molecule has 23 heavy (non-hydrogen) atoms. The lowest BCUT2D eigenvalue weighted by atomic mass is 10.1. The smallest absolute Gasteiger partial charge is 0.226 e. The number of carbonyl (C=O) groups excluding carboxylic acids is 1. The molecule has 2 heterocycles. The summed E-state index contributed by atoms with van der Waals surface area (Å²) in [5, 5.41) is 0.833. The number of H-pyrrole nitrogens is 1. The van der Waals surface area contributed by atoms with Crippen LogP contribution in [0.3, 0.4) is 0 Å². The number of fused-ring (bicyclic) bond motifs is 1. The lowest BCUT2D eigenvalue weighted by molar-refractivity contribution is -0.114. The molecule has 0 radical (unpaired) electrons. The van der Waals surface area contributed by atoms with E-state index in [9.17, 15) is 4.79 Å². The Hall–Kier alpha value is -2.17. The molecule has 122 valence electrons. The molecule has 0 amide bonds. The number of hydrogen-bond donors (Lipinski definition) is 1. The van der Waals surface area contributed by atoms with Crippen molar-refractivity contribution in [1.82, 2.24) is 15.0 Å². The zero-order valence-electron chi connectivity index (χ0n) is 13.7. The Morgan fingerprint density at radius 1 is 1.43 bits per heavy atom. The quantitative estimate of drug-likeness (QED) is 0.753. The zero-order valence-corrected chi connectivity index (χ0v) is 13.7. The maximum atomic E-state index is 11.9. The Balaban J connectivity index is 1.75. The summed E-state index contributed by atoms with van der Waals surface area (Å²) in [4.78, 5) is 23.5. The number of hydrogen-bond acceptors (Lipinski definition) is 4. The molecular weight excluding hydrogens is 290 g/mol. The van der Waals surface area contributed by atoms with Crippen molar-refractivity contribution < 1.29 is 9.53 Å². The summed E-state index contributed by atoms with van der Waals surface area (Å²) in [6, 6.07) is 0. The lowest BCUT2D eigenvalue weighted by Gasteiger charge is -2.08. The maximum absolute atomic E-state index is 11.9. The van der Waals surface area contributed by atoms with Gasteiger partial charge in [-0.25, -0.2) is 9.97 Å². The van der Waals surface area contributed by atoms with Gasteiger partial charge in [0.05, 0.1) is 12.0 Å². The van der Waals surface area contributed by atoms with Gasteiger partial charge < -0.3 is 9.72 Å². The van der Waals surface area contributed by atoms with E-state index in [4.69, 9.17) is 4.74 Å². The van der Waals surface area contributed by atoms with E-state index in [-0.39, 0.29) is 5.78 Å². The van der Waals surface area contributed by atoms with Gasteiger partial charge in [-0.1, -0.05) is 26.7 Å². The molecule has 0 saturated heterocycles. The average Bonchev–Trinajstić information content (AvgIpc) is 3.27. The molecule has 1 aliphatic rings. The van der Waals surface area contributed by atoms with Crippen LogP contribution in [0.2, 0.25) is 0 Å². The first kappa shape index (κ1) is 15.7. The van der Waals surface area contributed by atoms with Gasteiger partial charge in [0.1, 0.15) is 12.0 Å². The molecule has 0 bridgehead atoms. The Kier molecular flexibility index (Phi) is 4.74. The second-order valence-electron chi connectivity index (χ2n) is 6.63. The third-order valence-corrected chi connectivity index (χ3v) is 3.96. The molecule has 1 fully saturated rings. The van der Waals surface area contributed by atoms with Crippen LogP contribution in [0.15, 0.2) is 18.6 Å². The number of ketones is 1. The van der Waals surface area contributed by atoms with Gasteiger partial charge >= 0.3 is 0 Å². The predicted octanol–water partition coefficient (Wildman–Crippen LogP) is 3.77. The summed E-state index contributed by atoms with van der Waals surface area (Å²) in [5.41, 5.74) is 1.61. The van der Waals surface area contributed by atoms with Crippen molar-refractivity contribution in [2.24, 2.45) is 11.8 Å². The highest BCUT2D eigenvalue weighted by Crippen LogP contribution is 2.33. The number of aromatic amines is 1. The van der Waals surface area contributed by atoms with E-state index in [2.05, 4.69) is 28.8 Å². The molecule has 0 aliphatic heterocycles. The van der Waals surface area contributed by atoms with Crippen molar-refractivity contribution in [1.29, 1.82) is 0 Å². The fraction of sp³-hybridized carbons (Fsp3) is 0.500.